The quantitative estimate of drug-likeness (QED) is 0.768. The van der Waals surface area contributed by atoms with E-state index in [2.05, 4.69) is 6.92 Å². The molecule has 1 fully saturated rings. The molecule has 0 aromatic heterocycles. The molecule has 0 aromatic rings. The lowest BCUT2D eigenvalue weighted by molar-refractivity contribution is 0.120. The third kappa shape index (κ3) is 4.16. The molecule has 0 aliphatic heterocycles. The summed E-state index contributed by atoms with van der Waals surface area (Å²) in [7, 11) is -7.44. The summed E-state index contributed by atoms with van der Waals surface area (Å²) in [6.07, 6.45) is 4.17. The SMILES string of the molecule is CCN(C1(CN)CCC(C)CC1)S(=O)(=O)CS(C)(=O)=O. The van der Waals surface area contributed by atoms with Gasteiger partial charge in [0, 0.05) is 24.9 Å². The standard InChI is InChI=1S/C12H26N2O4S2/c1-4-14(20(17,18)10-19(3,15)16)12(9-13)7-5-11(2)6-8-12/h11H,4-10,13H2,1-3H3. The van der Waals surface area contributed by atoms with Gasteiger partial charge in [-0.3, -0.25) is 0 Å². The van der Waals surface area contributed by atoms with E-state index in [0.29, 0.717) is 18.8 Å². The number of likely N-dealkylation sites (N-methyl/N-ethyl adjacent to an activating group) is 1. The Hall–Kier alpha value is -0.180. The van der Waals surface area contributed by atoms with Crippen LogP contribution in [0.3, 0.4) is 0 Å². The van der Waals surface area contributed by atoms with Crippen LogP contribution in [-0.2, 0) is 19.9 Å². The molecule has 0 unspecified atom stereocenters. The van der Waals surface area contributed by atoms with Gasteiger partial charge in [-0.15, -0.1) is 0 Å². The number of sulfone groups is 1. The second kappa shape index (κ2) is 6.29. The van der Waals surface area contributed by atoms with E-state index in [1.807, 2.05) is 0 Å². The Bertz CT molecular complexity index is 520. The highest BCUT2D eigenvalue weighted by Gasteiger charge is 2.44. The van der Waals surface area contributed by atoms with Crippen molar-refractivity contribution in [1.29, 1.82) is 0 Å². The Morgan fingerprint density at radius 1 is 1.20 bits per heavy atom. The minimum Gasteiger partial charge on any atom is -0.329 e. The minimum atomic E-state index is -3.85. The summed E-state index contributed by atoms with van der Waals surface area (Å²) in [5.74, 6) is 0.561. The van der Waals surface area contributed by atoms with Crippen LogP contribution < -0.4 is 5.73 Å². The first-order chi connectivity index (χ1) is 9.06. The molecule has 120 valence electrons. The number of hydrogen-bond acceptors (Lipinski definition) is 5. The Kier molecular flexibility index (Phi) is 5.62. The first-order valence-corrected chi connectivity index (χ1v) is 10.6. The van der Waals surface area contributed by atoms with Crippen molar-refractivity contribution in [3.63, 3.8) is 0 Å². The van der Waals surface area contributed by atoms with Gasteiger partial charge < -0.3 is 5.73 Å². The highest BCUT2D eigenvalue weighted by atomic mass is 32.3. The summed E-state index contributed by atoms with van der Waals surface area (Å²) in [6.45, 7) is 4.36. The summed E-state index contributed by atoms with van der Waals surface area (Å²) >= 11 is 0. The highest BCUT2D eigenvalue weighted by Crippen LogP contribution is 2.37. The minimum absolute atomic E-state index is 0.233. The molecule has 0 saturated heterocycles. The maximum Gasteiger partial charge on any atom is 0.229 e. The molecule has 0 bridgehead atoms. The Labute approximate surface area is 122 Å². The molecule has 0 atom stereocenters. The fourth-order valence-corrected chi connectivity index (χ4v) is 6.93. The van der Waals surface area contributed by atoms with E-state index in [1.54, 1.807) is 6.92 Å². The van der Waals surface area contributed by atoms with Gasteiger partial charge in [0.1, 0.15) is 0 Å². The Morgan fingerprint density at radius 3 is 2.05 bits per heavy atom. The molecular formula is C12H26N2O4S2. The zero-order valence-corrected chi connectivity index (χ0v) is 14.1. The lowest BCUT2D eigenvalue weighted by Crippen LogP contribution is -2.58. The topological polar surface area (TPSA) is 97.5 Å². The van der Waals surface area contributed by atoms with E-state index in [0.717, 1.165) is 19.1 Å². The predicted octanol–water partition coefficient (Wildman–Crippen LogP) is 0.548. The van der Waals surface area contributed by atoms with Crippen LogP contribution in [0.5, 0.6) is 0 Å². The lowest BCUT2D eigenvalue weighted by atomic mass is 9.77. The molecule has 20 heavy (non-hydrogen) atoms. The molecule has 0 aromatic carbocycles. The first-order valence-electron chi connectivity index (χ1n) is 6.94. The Morgan fingerprint density at radius 2 is 1.70 bits per heavy atom. The van der Waals surface area contributed by atoms with Gasteiger partial charge in [-0.25, -0.2) is 16.8 Å². The molecule has 1 aliphatic carbocycles. The highest BCUT2D eigenvalue weighted by molar-refractivity contribution is 8.06. The van der Waals surface area contributed by atoms with Crippen molar-refractivity contribution < 1.29 is 16.8 Å². The van der Waals surface area contributed by atoms with Crippen molar-refractivity contribution in [2.24, 2.45) is 11.7 Å². The summed E-state index contributed by atoms with van der Waals surface area (Å²) in [6, 6.07) is 0. The summed E-state index contributed by atoms with van der Waals surface area (Å²) < 4.78 is 48.9. The van der Waals surface area contributed by atoms with Gasteiger partial charge in [0.2, 0.25) is 10.0 Å². The maximum atomic E-state index is 12.4. The van der Waals surface area contributed by atoms with Crippen LogP contribution in [0.2, 0.25) is 0 Å². The van der Waals surface area contributed by atoms with Gasteiger partial charge >= 0.3 is 0 Å². The summed E-state index contributed by atoms with van der Waals surface area (Å²) in [4.78, 5) is 0. The molecule has 1 aliphatic rings. The van der Waals surface area contributed by atoms with Crippen molar-refractivity contribution in [3.8, 4) is 0 Å². The van der Waals surface area contributed by atoms with E-state index in [4.69, 9.17) is 5.73 Å². The zero-order chi connectivity index (χ0) is 15.6. The van der Waals surface area contributed by atoms with Crippen LogP contribution in [0.15, 0.2) is 0 Å². The zero-order valence-electron chi connectivity index (χ0n) is 12.5. The third-order valence-electron chi connectivity index (χ3n) is 4.10. The van der Waals surface area contributed by atoms with Crippen molar-refractivity contribution in [3.05, 3.63) is 0 Å². The Balaban J connectivity index is 3.10. The van der Waals surface area contributed by atoms with Gasteiger partial charge in [-0.1, -0.05) is 13.8 Å². The molecular weight excluding hydrogens is 300 g/mol. The smallest absolute Gasteiger partial charge is 0.229 e. The first kappa shape index (κ1) is 17.9. The van der Waals surface area contributed by atoms with Gasteiger partial charge in [0.15, 0.2) is 14.9 Å². The molecule has 1 rings (SSSR count). The van der Waals surface area contributed by atoms with E-state index in [-0.39, 0.29) is 13.1 Å². The molecule has 0 amide bonds. The predicted molar refractivity (Wildman–Crippen MR) is 80.4 cm³/mol. The van der Waals surface area contributed by atoms with Crippen molar-refractivity contribution in [2.45, 2.75) is 45.1 Å². The van der Waals surface area contributed by atoms with Crippen LogP contribution in [-0.4, -0.2) is 51.1 Å². The molecule has 0 heterocycles. The molecule has 6 nitrogen and oxygen atoms in total. The maximum absolute atomic E-state index is 12.4. The fraction of sp³-hybridized carbons (Fsp3) is 1.00. The third-order valence-corrected chi connectivity index (χ3v) is 8.32. The second-order valence-electron chi connectivity index (χ2n) is 5.93. The van der Waals surface area contributed by atoms with Crippen molar-refractivity contribution >= 4 is 19.9 Å². The van der Waals surface area contributed by atoms with Gasteiger partial charge in [-0.2, -0.15) is 4.31 Å². The van der Waals surface area contributed by atoms with Crippen LogP contribution in [0.1, 0.15) is 39.5 Å². The summed E-state index contributed by atoms with van der Waals surface area (Å²) in [5, 5.41) is -0.842. The van der Waals surface area contributed by atoms with E-state index in [9.17, 15) is 16.8 Å². The summed E-state index contributed by atoms with van der Waals surface area (Å²) in [5.41, 5.74) is 5.24. The molecule has 1 saturated carbocycles. The van der Waals surface area contributed by atoms with Crippen LogP contribution in [0.4, 0.5) is 0 Å². The van der Waals surface area contributed by atoms with Gasteiger partial charge in [0.25, 0.3) is 0 Å². The monoisotopic (exact) mass is 326 g/mol. The van der Waals surface area contributed by atoms with E-state index in [1.165, 1.54) is 4.31 Å². The lowest BCUT2D eigenvalue weighted by Gasteiger charge is -2.45. The molecule has 8 heteroatoms. The van der Waals surface area contributed by atoms with E-state index < -0.39 is 30.5 Å². The average Bonchev–Trinajstić information content (AvgIpc) is 2.29. The number of nitrogens with zero attached hydrogens (tertiary/aromatic N) is 1. The van der Waals surface area contributed by atoms with Gasteiger partial charge in [-0.05, 0) is 31.6 Å². The normalized spacial score (nSPS) is 28.8. The number of hydrogen-bond donors (Lipinski definition) is 1. The fourth-order valence-electron chi connectivity index (χ4n) is 3.02. The molecule has 0 spiro atoms. The van der Waals surface area contributed by atoms with Crippen LogP contribution in [0, 0.1) is 5.92 Å². The van der Waals surface area contributed by atoms with Crippen molar-refractivity contribution in [2.75, 3.05) is 24.4 Å². The number of rotatable bonds is 6. The largest absolute Gasteiger partial charge is 0.329 e. The molecule has 2 N–H and O–H groups in total. The second-order valence-corrected chi connectivity index (χ2v) is 10.3. The van der Waals surface area contributed by atoms with E-state index >= 15 is 0 Å². The van der Waals surface area contributed by atoms with Crippen LogP contribution >= 0.6 is 0 Å². The molecule has 0 radical (unpaired) electrons. The number of sulfonamides is 1. The van der Waals surface area contributed by atoms with Crippen molar-refractivity contribution in [1.82, 2.24) is 4.31 Å². The average molecular weight is 326 g/mol. The number of nitrogens with two attached hydrogens (primary N) is 1. The van der Waals surface area contributed by atoms with Gasteiger partial charge in [0.05, 0.1) is 0 Å². The van der Waals surface area contributed by atoms with Crippen LogP contribution in [0.25, 0.3) is 0 Å².